The first-order chi connectivity index (χ1) is 14.5. The van der Waals surface area contributed by atoms with E-state index in [-0.39, 0.29) is 21.3 Å². The number of nitrogens with one attached hydrogen (secondary N) is 2. The molecule has 0 heterocycles. The standard InChI is InChI=1S/C23H21ClN2O4S/c1-14-9-15(2)11-20(10-14)26-31(29,30)22-13-18(7-8-21(22)24)23(28)25-19-6-4-5-17(12-19)16(3)27/h4-13,26H,1-3H3,(H,25,28). The van der Waals surface area contributed by atoms with Gasteiger partial charge in [0.2, 0.25) is 0 Å². The molecular formula is C23H21ClN2O4S. The van der Waals surface area contributed by atoms with E-state index in [9.17, 15) is 18.0 Å². The molecule has 2 N–H and O–H groups in total. The maximum atomic E-state index is 12.9. The molecule has 0 unspecified atom stereocenters. The minimum atomic E-state index is -4.03. The molecule has 0 atom stereocenters. The number of hydrogen-bond acceptors (Lipinski definition) is 4. The van der Waals surface area contributed by atoms with E-state index in [1.165, 1.54) is 25.1 Å². The summed E-state index contributed by atoms with van der Waals surface area (Å²) >= 11 is 6.14. The van der Waals surface area contributed by atoms with Gasteiger partial charge >= 0.3 is 0 Å². The first-order valence-corrected chi connectivity index (χ1v) is 11.2. The molecule has 0 saturated heterocycles. The molecule has 1 amide bonds. The highest BCUT2D eigenvalue weighted by Crippen LogP contribution is 2.26. The van der Waals surface area contributed by atoms with Crippen molar-refractivity contribution in [1.82, 2.24) is 0 Å². The van der Waals surface area contributed by atoms with Gasteiger partial charge in [-0.25, -0.2) is 8.42 Å². The molecule has 6 nitrogen and oxygen atoms in total. The van der Waals surface area contributed by atoms with E-state index in [2.05, 4.69) is 10.0 Å². The van der Waals surface area contributed by atoms with Crippen LogP contribution in [0.5, 0.6) is 0 Å². The minimum Gasteiger partial charge on any atom is -0.322 e. The van der Waals surface area contributed by atoms with Gasteiger partial charge in [-0.2, -0.15) is 0 Å². The number of Topliss-reactive ketones (excluding diaryl/α,β-unsaturated/α-hetero) is 1. The Hall–Kier alpha value is -3.16. The fraction of sp³-hybridized carbons (Fsp3) is 0.130. The Bertz CT molecular complexity index is 1270. The monoisotopic (exact) mass is 456 g/mol. The van der Waals surface area contributed by atoms with E-state index in [0.29, 0.717) is 16.9 Å². The zero-order chi connectivity index (χ0) is 22.8. The first-order valence-electron chi connectivity index (χ1n) is 9.38. The number of benzene rings is 3. The Morgan fingerprint density at radius 2 is 1.52 bits per heavy atom. The zero-order valence-electron chi connectivity index (χ0n) is 17.2. The van der Waals surface area contributed by atoms with Crippen LogP contribution in [-0.4, -0.2) is 20.1 Å². The molecule has 0 spiro atoms. The highest BCUT2D eigenvalue weighted by molar-refractivity contribution is 7.92. The van der Waals surface area contributed by atoms with Crippen molar-refractivity contribution in [2.75, 3.05) is 10.0 Å². The van der Waals surface area contributed by atoms with Gasteiger partial charge in [-0.15, -0.1) is 0 Å². The van der Waals surface area contributed by atoms with Crippen LogP contribution < -0.4 is 10.0 Å². The lowest BCUT2D eigenvalue weighted by Crippen LogP contribution is -2.16. The number of carbonyl (C=O) groups excluding carboxylic acids is 2. The molecule has 0 aliphatic heterocycles. The van der Waals surface area contributed by atoms with E-state index in [1.54, 1.807) is 36.4 Å². The molecule has 3 rings (SSSR count). The quantitative estimate of drug-likeness (QED) is 0.498. The van der Waals surface area contributed by atoms with Crippen LogP contribution in [0.25, 0.3) is 0 Å². The average molecular weight is 457 g/mol. The molecule has 0 saturated carbocycles. The summed E-state index contributed by atoms with van der Waals surface area (Å²) in [6.07, 6.45) is 0. The lowest BCUT2D eigenvalue weighted by molar-refractivity contribution is 0.101. The van der Waals surface area contributed by atoms with Crippen LogP contribution in [0.15, 0.2) is 65.6 Å². The van der Waals surface area contributed by atoms with Gasteiger partial charge in [0, 0.05) is 22.5 Å². The predicted molar refractivity (Wildman–Crippen MR) is 123 cm³/mol. The van der Waals surface area contributed by atoms with E-state index < -0.39 is 15.9 Å². The summed E-state index contributed by atoms with van der Waals surface area (Å²) in [6, 6.07) is 15.8. The molecule has 0 aliphatic rings. The van der Waals surface area contributed by atoms with Gasteiger partial charge in [0.05, 0.1) is 5.02 Å². The molecule has 31 heavy (non-hydrogen) atoms. The SMILES string of the molecule is CC(=O)c1cccc(NC(=O)c2ccc(Cl)c(S(=O)(=O)Nc3cc(C)cc(C)c3)c2)c1. The van der Waals surface area contributed by atoms with Crippen LogP contribution in [-0.2, 0) is 10.0 Å². The molecule has 3 aromatic carbocycles. The summed E-state index contributed by atoms with van der Waals surface area (Å²) in [5.74, 6) is -0.659. The van der Waals surface area contributed by atoms with Gasteiger partial charge in [-0.1, -0.05) is 29.8 Å². The third kappa shape index (κ3) is 5.51. The van der Waals surface area contributed by atoms with Gasteiger partial charge in [0.25, 0.3) is 15.9 Å². The summed E-state index contributed by atoms with van der Waals surface area (Å²) in [4.78, 5) is 24.0. The smallest absolute Gasteiger partial charge is 0.263 e. The second-order valence-electron chi connectivity index (χ2n) is 7.22. The topological polar surface area (TPSA) is 92.3 Å². The molecular weight excluding hydrogens is 436 g/mol. The Labute approximate surface area is 186 Å². The molecule has 8 heteroatoms. The summed E-state index contributed by atoms with van der Waals surface area (Å²) in [5, 5.41) is 2.66. The maximum Gasteiger partial charge on any atom is 0.263 e. The molecule has 160 valence electrons. The van der Waals surface area contributed by atoms with Crippen LogP contribution in [0.2, 0.25) is 5.02 Å². The number of halogens is 1. The van der Waals surface area contributed by atoms with Crippen LogP contribution in [0.3, 0.4) is 0 Å². The van der Waals surface area contributed by atoms with E-state index in [4.69, 9.17) is 11.6 Å². The predicted octanol–water partition coefficient (Wildman–Crippen LogP) is 5.21. The molecule has 3 aromatic rings. The number of hydrogen-bond donors (Lipinski definition) is 2. The zero-order valence-corrected chi connectivity index (χ0v) is 18.8. The van der Waals surface area contributed by atoms with Crippen molar-refractivity contribution in [2.45, 2.75) is 25.7 Å². The van der Waals surface area contributed by atoms with Crippen molar-refractivity contribution in [2.24, 2.45) is 0 Å². The van der Waals surface area contributed by atoms with Gasteiger partial charge in [0.15, 0.2) is 5.78 Å². The largest absolute Gasteiger partial charge is 0.322 e. The fourth-order valence-electron chi connectivity index (χ4n) is 3.11. The number of anilines is 2. The number of rotatable bonds is 6. The summed E-state index contributed by atoms with van der Waals surface area (Å²) in [6.45, 7) is 5.16. The second kappa shape index (κ2) is 8.91. The molecule has 0 aromatic heterocycles. The third-order valence-electron chi connectivity index (χ3n) is 4.48. The molecule has 0 fully saturated rings. The lowest BCUT2D eigenvalue weighted by atomic mass is 10.1. The number of amides is 1. The van der Waals surface area contributed by atoms with Crippen LogP contribution >= 0.6 is 11.6 Å². The van der Waals surface area contributed by atoms with Crippen molar-refractivity contribution in [3.05, 3.63) is 87.9 Å². The number of carbonyl (C=O) groups is 2. The van der Waals surface area contributed by atoms with Gasteiger partial charge in [-0.3, -0.25) is 14.3 Å². The third-order valence-corrected chi connectivity index (χ3v) is 6.35. The number of aryl methyl sites for hydroxylation is 2. The number of ketones is 1. The Morgan fingerprint density at radius 3 is 2.16 bits per heavy atom. The lowest BCUT2D eigenvalue weighted by Gasteiger charge is -2.12. The highest BCUT2D eigenvalue weighted by atomic mass is 35.5. The second-order valence-corrected chi connectivity index (χ2v) is 9.28. The summed E-state index contributed by atoms with van der Waals surface area (Å²) in [7, 11) is -4.03. The summed E-state index contributed by atoms with van der Waals surface area (Å²) in [5.41, 5.74) is 3.21. The highest BCUT2D eigenvalue weighted by Gasteiger charge is 2.21. The fourth-order valence-corrected chi connectivity index (χ4v) is 4.68. The Kier molecular flexibility index (Phi) is 6.48. The molecule has 0 radical (unpaired) electrons. The minimum absolute atomic E-state index is 0.00741. The van der Waals surface area contributed by atoms with Crippen molar-refractivity contribution in [3.63, 3.8) is 0 Å². The van der Waals surface area contributed by atoms with E-state index >= 15 is 0 Å². The maximum absolute atomic E-state index is 12.9. The van der Waals surface area contributed by atoms with Crippen molar-refractivity contribution in [1.29, 1.82) is 0 Å². The molecule has 0 aliphatic carbocycles. The van der Waals surface area contributed by atoms with Gasteiger partial charge in [-0.05, 0) is 74.4 Å². The first kappa shape index (κ1) is 22.5. The van der Waals surface area contributed by atoms with Crippen LogP contribution in [0, 0.1) is 13.8 Å². The Morgan fingerprint density at radius 1 is 0.839 bits per heavy atom. The normalized spacial score (nSPS) is 11.1. The average Bonchev–Trinajstić information content (AvgIpc) is 2.67. The van der Waals surface area contributed by atoms with E-state index in [1.807, 2.05) is 19.9 Å². The Balaban J connectivity index is 1.89. The van der Waals surface area contributed by atoms with Crippen LogP contribution in [0.4, 0.5) is 11.4 Å². The van der Waals surface area contributed by atoms with Crippen molar-refractivity contribution in [3.8, 4) is 0 Å². The number of sulfonamides is 1. The summed E-state index contributed by atoms with van der Waals surface area (Å²) < 4.78 is 28.4. The molecule has 0 bridgehead atoms. The van der Waals surface area contributed by atoms with Gasteiger partial charge < -0.3 is 5.32 Å². The van der Waals surface area contributed by atoms with Crippen molar-refractivity contribution < 1.29 is 18.0 Å². The van der Waals surface area contributed by atoms with Gasteiger partial charge in [0.1, 0.15) is 4.90 Å². The van der Waals surface area contributed by atoms with Crippen molar-refractivity contribution >= 4 is 44.7 Å². The van der Waals surface area contributed by atoms with Crippen LogP contribution in [0.1, 0.15) is 38.8 Å². The van der Waals surface area contributed by atoms with E-state index in [0.717, 1.165) is 11.1 Å².